The maximum absolute atomic E-state index is 15.8. The van der Waals surface area contributed by atoms with E-state index in [1.807, 2.05) is 20.8 Å². The van der Waals surface area contributed by atoms with Gasteiger partial charge in [0.2, 0.25) is 11.7 Å². The normalized spacial score (nSPS) is 21.9. The third-order valence-electron chi connectivity index (χ3n) is 7.65. The predicted octanol–water partition coefficient (Wildman–Crippen LogP) is 6.42. The molecular weight excluding hydrogens is 595 g/mol. The molecule has 4 aromatic rings. The maximum atomic E-state index is 15.8. The van der Waals surface area contributed by atoms with E-state index < -0.39 is 41.0 Å². The topological polar surface area (TPSA) is 109 Å². The van der Waals surface area contributed by atoms with Gasteiger partial charge < -0.3 is 10.6 Å². The molecule has 1 unspecified atom stereocenters. The number of carbonyl (C=O) groups excluding carboxylic acids is 1. The van der Waals surface area contributed by atoms with Crippen molar-refractivity contribution >= 4 is 34.8 Å². The number of benzene rings is 3. The Bertz CT molecular complexity index is 1710. The minimum Gasteiger partial charge on any atom is -0.325 e. The molecule has 3 aromatic carbocycles. The molecule has 2 N–H and O–H groups in total. The highest BCUT2D eigenvalue weighted by Crippen LogP contribution is 2.52. The lowest BCUT2D eigenvalue weighted by Gasteiger charge is -2.37. The van der Waals surface area contributed by atoms with Gasteiger partial charge in [-0.2, -0.15) is 10.1 Å². The van der Waals surface area contributed by atoms with Gasteiger partial charge in [0, 0.05) is 33.8 Å². The zero-order valence-electron chi connectivity index (χ0n) is 23.9. The number of anilines is 1. The summed E-state index contributed by atoms with van der Waals surface area (Å²) in [5, 5.41) is 29.1. The highest BCUT2D eigenvalue weighted by molar-refractivity contribution is 6.31. The molecule has 1 aliphatic heterocycles. The molecule has 43 heavy (non-hydrogen) atoms. The number of hydrogen-bond donors (Lipinski definition) is 2. The molecule has 1 saturated heterocycles. The number of nitrogens with one attached hydrogen (secondary N) is 2. The summed E-state index contributed by atoms with van der Waals surface area (Å²) in [7, 11) is 1.66. The van der Waals surface area contributed by atoms with Crippen LogP contribution in [0.5, 0.6) is 0 Å². The highest BCUT2D eigenvalue weighted by atomic mass is 35.5. The van der Waals surface area contributed by atoms with E-state index in [-0.39, 0.29) is 26.6 Å². The average Bonchev–Trinajstić information content (AvgIpc) is 3.51. The van der Waals surface area contributed by atoms with Crippen molar-refractivity contribution < 1.29 is 13.6 Å². The summed E-state index contributed by atoms with van der Waals surface area (Å²) in [5.41, 5.74) is -0.884. The van der Waals surface area contributed by atoms with Crippen LogP contribution in [0.3, 0.4) is 0 Å². The summed E-state index contributed by atoms with van der Waals surface area (Å²) in [5.74, 6) is -2.78. The fourth-order valence-electron chi connectivity index (χ4n) is 5.88. The first-order valence-electron chi connectivity index (χ1n) is 13.6. The zero-order chi connectivity index (χ0) is 31.1. The van der Waals surface area contributed by atoms with Crippen molar-refractivity contribution in [3.8, 4) is 17.5 Å². The van der Waals surface area contributed by atoms with Crippen LogP contribution in [0.1, 0.15) is 44.2 Å². The molecule has 222 valence electrons. The Balaban J connectivity index is 1.62. The first-order valence-corrected chi connectivity index (χ1v) is 14.3. The molecule has 12 heteroatoms. The van der Waals surface area contributed by atoms with Gasteiger partial charge in [-0.15, -0.1) is 10.2 Å². The van der Waals surface area contributed by atoms with Crippen molar-refractivity contribution in [2.24, 2.45) is 12.5 Å². The smallest absolute Gasteiger partial charge is 0.242 e. The van der Waals surface area contributed by atoms with Crippen molar-refractivity contribution in [1.82, 2.24) is 25.5 Å². The molecular formula is C31H29Cl2F2N7O. The Labute approximate surface area is 258 Å². The molecule has 4 atom stereocenters. The molecule has 2 heterocycles. The number of aryl methyl sites for hydroxylation is 1. The maximum Gasteiger partial charge on any atom is 0.242 e. The molecule has 1 aliphatic rings. The Kier molecular flexibility index (Phi) is 8.27. The number of tetrazole rings is 1. The number of hydrogen-bond acceptors (Lipinski definition) is 6. The lowest BCUT2D eigenvalue weighted by atomic mass is 9.62. The second-order valence-corrected chi connectivity index (χ2v) is 12.7. The van der Waals surface area contributed by atoms with Crippen molar-refractivity contribution in [2.75, 3.05) is 5.32 Å². The summed E-state index contributed by atoms with van der Waals surface area (Å²) in [6, 6.07) is 15.7. The molecule has 5 rings (SSSR count). The predicted molar refractivity (Wildman–Crippen MR) is 160 cm³/mol. The van der Waals surface area contributed by atoms with E-state index in [1.54, 1.807) is 37.4 Å². The number of nitrogens with zero attached hydrogens (tertiary/aromatic N) is 5. The number of halogens is 4. The lowest BCUT2D eigenvalue weighted by molar-refractivity contribution is -0.118. The van der Waals surface area contributed by atoms with Gasteiger partial charge in [-0.25, -0.2) is 8.78 Å². The van der Waals surface area contributed by atoms with Crippen LogP contribution in [-0.2, 0) is 17.3 Å². The van der Waals surface area contributed by atoms with Gasteiger partial charge in [0.15, 0.2) is 0 Å². The standard InChI is InChI=1S/C31H29Cl2F2N7O/c1-30(2,3)15-24-31(16-36,21-13-10-18(32)14-23(21)34)25(20-6-5-7-22(33)26(20)35)27(38-24)29(43)37-19-11-8-17(9-12-19)28-39-41-42(4)40-28/h5-14,24-25,27,38H,15H2,1-4H3,(H,37,43)/t24-,25-,27?,31-/m0/s1. The number of aromatic nitrogens is 4. The van der Waals surface area contributed by atoms with Crippen LogP contribution in [0, 0.1) is 28.4 Å². The second kappa shape index (κ2) is 11.6. The number of carbonyl (C=O) groups is 1. The van der Waals surface area contributed by atoms with Gasteiger partial charge in [0.05, 0.1) is 24.2 Å². The van der Waals surface area contributed by atoms with E-state index in [0.717, 1.165) is 6.07 Å². The van der Waals surface area contributed by atoms with E-state index in [1.165, 1.54) is 29.1 Å². The summed E-state index contributed by atoms with van der Waals surface area (Å²) in [4.78, 5) is 15.4. The van der Waals surface area contributed by atoms with Crippen LogP contribution < -0.4 is 10.6 Å². The molecule has 1 aromatic heterocycles. The third kappa shape index (κ3) is 5.85. The third-order valence-corrected chi connectivity index (χ3v) is 8.18. The van der Waals surface area contributed by atoms with Gasteiger partial charge in [-0.1, -0.05) is 62.2 Å². The van der Waals surface area contributed by atoms with Crippen molar-refractivity contribution in [2.45, 2.75) is 50.6 Å². The van der Waals surface area contributed by atoms with Crippen LogP contribution in [0.2, 0.25) is 10.0 Å². The molecule has 1 amide bonds. The van der Waals surface area contributed by atoms with E-state index in [4.69, 9.17) is 23.2 Å². The van der Waals surface area contributed by atoms with Crippen molar-refractivity contribution in [3.05, 3.63) is 93.5 Å². The first-order chi connectivity index (χ1) is 20.3. The average molecular weight is 625 g/mol. The van der Waals surface area contributed by atoms with Gasteiger partial charge in [-0.05, 0) is 65.1 Å². The van der Waals surface area contributed by atoms with E-state index in [0.29, 0.717) is 23.5 Å². The molecule has 0 aliphatic carbocycles. The van der Waals surface area contributed by atoms with Crippen LogP contribution in [0.4, 0.5) is 14.5 Å². The summed E-state index contributed by atoms with van der Waals surface area (Å²) in [6.45, 7) is 5.93. The summed E-state index contributed by atoms with van der Waals surface area (Å²) in [6.07, 6.45) is 0.366. The fraction of sp³-hybridized carbons (Fsp3) is 0.323. The van der Waals surface area contributed by atoms with Gasteiger partial charge in [0.25, 0.3) is 0 Å². The van der Waals surface area contributed by atoms with Crippen LogP contribution >= 0.6 is 23.2 Å². The van der Waals surface area contributed by atoms with Crippen molar-refractivity contribution in [3.63, 3.8) is 0 Å². The number of nitriles is 1. The zero-order valence-corrected chi connectivity index (χ0v) is 25.4. The quantitative estimate of drug-likeness (QED) is 0.256. The first kappa shape index (κ1) is 30.5. The molecule has 0 spiro atoms. The fourth-order valence-corrected chi connectivity index (χ4v) is 6.22. The largest absolute Gasteiger partial charge is 0.325 e. The Morgan fingerprint density at radius 3 is 2.47 bits per heavy atom. The molecule has 1 fully saturated rings. The van der Waals surface area contributed by atoms with Crippen LogP contribution in [0.25, 0.3) is 11.4 Å². The summed E-state index contributed by atoms with van der Waals surface area (Å²) < 4.78 is 31.6. The van der Waals surface area contributed by atoms with Crippen LogP contribution in [-0.4, -0.2) is 38.2 Å². The molecule has 0 saturated carbocycles. The van der Waals surface area contributed by atoms with E-state index >= 15 is 8.78 Å². The monoisotopic (exact) mass is 623 g/mol. The highest BCUT2D eigenvalue weighted by Gasteiger charge is 2.61. The molecule has 0 bridgehead atoms. The lowest BCUT2D eigenvalue weighted by Crippen LogP contribution is -2.45. The van der Waals surface area contributed by atoms with Gasteiger partial charge >= 0.3 is 0 Å². The van der Waals surface area contributed by atoms with E-state index in [2.05, 4.69) is 32.1 Å². The van der Waals surface area contributed by atoms with Gasteiger partial charge in [0.1, 0.15) is 17.0 Å². The SMILES string of the molecule is Cn1nnc(-c2ccc(NC(=O)C3N[C@@H](CC(C)(C)C)[C@](C#N)(c4ccc(Cl)cc4F)[C@H]3c3cccc(Cl)c3F)cc2)n1. The number of amides is 1. The molecule has 0 radical (unpaired) electrons. The van der Waals surface area contributed by atoms with Gasteiger partial charge in [-0.3, -0.25) is 4.79 Å². The van der Waals surface area contributed by atoms with Crippen molar-refractivity contribution in [1.29, 1.82) is 5.26 Å². The van der Waals surface area contributed by atoms with E-state index in [9.17, 15) is 10.1 Å². The Morgan fingerprint density at radius 1 is 1.14 bits per heavy atom. The number of rotatable bonds is 6. The molecule has 8 nitrogen and oxygen atoms in total. The minimum absolute atomic E-state index is 0.0154. The Morgan fingerprint density at radius 2 is 1.86 bits per heavy atom. The summed E-state index contributed by atoms with van der Waals surface area (Å²) >= 11 is 12.3. The Hall–Kier alpha value is -3.91. The second-order valence-electron chi connectivity index (χ2n) is 11.9. The minimum atomic E-state index is -1.71. The van der Waals surface area contributed by atoms with Crippen LogP contribution in [0.15, 0.2) is 60.7 Å².